The van der Waals surface area contributed by atoms with Crippen LogP contribution in [0.1, 0.15) is 30.2 Å². The molecule has 5 heteroatoms. The van der Waals surface area contributed by atoms with Crippen LogP contribution < -0.4 is 5.32 Å². The molecule has 2 nitrogen and oxygen atoms in total. The maximum atomic E-state index is 12.9. The summed E-state index contributed by atoms with van der Waals surface area (Å²) in [6.45, 7) is 6.50. The molecule has 0 amide bonds. The Morgan fingerprint density at radius 1 is 1.32 bits per heavy atom. The third kappa shape index (κ3) is 2.56. The number of benzene rings is 1. The number of fused-ring (bicyclic) bond motifs is 1. The maximum absolute atomic E-state index is 12.9. The highest BCUT2D eigenvalue weighted by Crippen LogP contribution is 2.35. The number of aryl methyl sites for hydroxylation is 2. The summed E-state index contributed by atoms with van der Waals surface area (Å²) in [5.41, 5.74) is 3.13. The Balaban J connectivity index is 2.83. The van der Waals surface area contributed by atoms with Crippen molar-refractivity contribution in [2.75, 3.05) is 11.9 Å². The molecule has 0 spiro atoms. The van der Waals surface area contributed by atoms with E-state index in [4.69, 9.17) is 0 Å². The number of alkyl halides is 2. The Kier molecular flexibility index (Phi) is 4.04. The quantitative estimate of drug-likeness (QED) is 0.859. The van der Waals surface area contributed by atoms with E-state index in [1.807, 2.05) is 26.8 Å². The minimum Gasteiger partial charge on any atom is -0.385 e. The second-order valence-corrected chi connectivity index (χ2v) is 5.25. The first-order valence-corrected chi connectivity index (χ1v) is 6.87. The highest BCUT2D eigenvalue weighted by atomic mass is 79.9. The number of hydrogen-bond acceptors (Lipinski definition) is 2. The lowest BCUT2D eigenvalue weighted by Crippen LogP contribution is -2.03. The van der Waals surface area contributed by atoms with Crippen LogP contribution in [0, 0.1) is 13.8 Å². The van der Waals surface area contributed by atoms with Gasteiger partial charge in [0.15, 0.2) is 0 Å². The largest absolute Gasteiger partial charge is 0.385 e. The number of aromatic nitrogens is 1. The molecule has 1 aromatic carbocycles. The molecule has 19 heavy (non-hydrogen) atoms. The van der Waals surface area contributed by atoms with Crippen molar-refractivity contribution in [1.29, 1.82) is 0 Å². The van der Waals surface area contributed by atoms with Gasteiger partial charge >= 0.3 is 0 Å². The summed E-state index contributed by atoms with van der Waals surface area (Å²) in [6, 6.07) is 3.27. The van der Waals surface area contributed by atoms with E-state index < -0.39 is 6.43 Å². The zero-order valence-corrected chi connectivity index (χ0v) is 12.6. The molecule has 1 heterocycles. The first-order chi connectivity index (χ1) is 8.95. The van der Waals surface area contributed by atoms with Gasteiger partial charge < -0.3 is 5.32 Å². The van der Waals surface area contributed by atoms with Crippen molar-refractivity contribution in [1.82, 2.24) is 4.98 Å². The lowest BCUT2D eigenvalue weighted by Gasteiger charge is -2.15. The van der Waals surface area contributed by atoms with E-state index >= 15 is 0 Å². The van der Waals surface area contributed by atoms with Crippen molar-refractivity contribution in [3.63, 3.8) is 0 Å². The van der Waals surface area contributed by atoms with E-state index in [0.717, 1.165) is 21.0 Å². The summed E-state index contributed by atoms with van der Waals surface area (Å²) in [7, 11) is 0. The lowest BCUT2D eigenvalue weighted by atomic mass is 10.0. The molecule has 2 rings (SSSR count). The second-order valence-electron chi connectivity index (χ2n) is 4.45. The van der Waals surface area contributed by atoms with Gasteiger partial charge in [0.05, 0.1) is 5.52 Å². The average Bonchev–Trinajstić information content (AvgIpc) is 2.35. The summed E-state index contributed by atoms with van der Waals surface area (Å²) >= 11 is 3.53. The van der Waals surface area contributed by atoms with Crippen molar-refractivity contribution in [3.05, 3.63) is 33.4 Å². The van der Waals surface area contributed by atoms with Crippen LogP contribution in [0.25, 0.3) is 10.9 Å². The topological polar surface area (TPSA) is 24.9 Å². The Morgan fingerprint density at radius 2 is 2.00 bits per heavy atom. The molecular formula is C14H15BrF2N2. The first kappa shape index (κ1) is 14.2. The van der Waals surface area contributed by atoms with Gasteiger partial charge in [-0.15, -0.1) is 0 Å². The highest BCUT2D eigenvalue weighted by molar-refractivity contribution is 9.10. The summed E-state index contributed by atoms with van der Waals surface area (Å²) in [5, 5.41) is 4.03. The molecule has 2 aromatic rings. The Hall–Kier alpha value is -1.23. The number of halogens is 3. The van der Waals surface area contributed by atoms with Crippen molar-refractivity contribution in [3.8, 4) is 0 Å². The SMILES string of the molecule is CCNc1cc(C(F)F)nc2cc(C)c(Br)c(C)c12. The zero-order chi connectivity index (χ0) is 14.2. The lowest BCUT2D eigenvalue weighted by molar-refractivity contribution is 0.146. The van der Waals surface area contributed by atoms with Gasteiger partial charge in [-0.25, -0.2) is 13.8 Å². The molecule has 0 aliphatic carbocycles. The number of hydrogen-bond donors (Lipinski definition) is 1. The van der Waals surface area contributed by atoms with Crippen molar-refractivity contribution in [2.45, 2.75) is 27.2 Å². The van der Waals surface area contributed by atoms with E-state index in [2.05, 4.69) is 26.2 Å². The summed E-state index contributed by atoms with van der Waals surface area (Å²) in [5.74, 6) is 0. The van der Waals surface area contributed by atoms with E-state index in [9.17, 15) is 8.78 Å². The van der Waals surface area contributed by atoms with E-state index in [1.165, 1.54) is 6.07 Å². The van der Waals surface area contributed by atoms with Gasteiger partial charge in [0, 0.05) is 22.1 Å². The van der Waals surface area contributed by atoms with Crippen LogP contribution in [-0.2, 0) is 0 Å². The van der Waals surface area contributed by atoms with Crippen molar-refractivity contribution >= 4 is 32.5 Å². The van der Waals surface area contributed by atoms with Gasteiger partial charge in [-0.1, -0.05) is 15.9 Å². The fourth-order valence-electron chi connectivity index (χ4n) is 2.20. The minimum absolute atomic E-state index is 0.190. The molecule has 1 N–H and O–H groups in total. The molecule has 0 unspecified atom stereocenters. The van der Waals surface area contributed by atoms with Crippen LogP contribution in [0.3, 0.4) is 0 Å². The van der Waals surface area contributed by atoms with Crippen LogP contribution >= 0.6 is 15.9 Å². The number of nitrogens with one attached hydrogen (secondary N) is 1. The van der Waals surface area contributed by atoms with Crippen molar-refractivity contribution in [2.24, 2.45) is 0 Å². The van der Waals surface area contributed by atoms with Gasteiger partial charge in [0.25, 0.3) is 6.43 Å². The van der Waals surface area contributed by atoms with Gasteiger partial charge in [-0.3, -0.25) is 0 Å². The van der Waals surface area contributed by atoms with Gasteiger partial charge in [-0.05, 0) is 44.0 Å². The number of anilines is 1. The molecule has 0 saturated carbocycles. The fraction of sp³-hybridized carbons (Fsp3) is 0.357. The van der Waals surface area contributed by atoms with Gasteiger partial charge in [-0.2, -0.15) is 0 Å². The molecule has 0 bridgehead atoms. The monoisotopic (exact) mass is 328 g/mol. The third-order valence-corrected chi connectivity index (χ3v) is 4.28. The molecule has 0 fully saturated rings. The van der Waals surface area contributed by atoms with Crippen LogP contribution in [0.2, 0.25) is 0 Å². The predicted molar refractivity (Wildman–Crippen MR) is 78.0 cm³/mol. The van der Waals surface area contributed by atoms with Crippen LogP contribution in [0.5, 0.6) is 0 Å². The zero-order valence-electron chi connectivity index (χ0n) is 11.0. The molecule has 1 aromatic heterocycles. The van der Waals surface area contributed by atoms with E-state index in [-0.39, 0.29) is 5.69 Å². The molecule has 0 aliphatic heterocycles. The summed E-state index contributed by atoms with van der Waals surface area (Å²) < 4.78 is 26.8. The van der Waals surface area contributed by atoms with Crippen LogP contribution in [0.4, 0.5) is 14.5 Å². The minimum atomic E-state index is -2.56. The Morgan fingerprint density at radius 3 is 2.58 bits per heavy atom. The van der Waals surface area contributed by atoms with Crippen molar-refractivity contribution < 1.29 is 8.78 Å². The Labute approximate surface area is 119 Å². The number of rotatable bonds is 3. The van der Waals surface area contributed by atoms with E-state index in [1.54, 1.807) is 0 Å². The molecule has 0 saturated heterocycles. The molecule has 0 aliphatic rings. The number of nitrogens with zero attached hydrogens (tertiary/aromatic N) is 1. The van der Waals surface area contributed by atoms with Gasteiger partial charge in [0.2, 0.25) is 0 Å². The molecule has 0 atom stereocenters. The molecular weight excluding hydrogens is 314 g/mol. The maximum Gasteiger partial charge on any atom is 0.280 e. The van der Waals surface area contributed by atoms with E-state index in [0.29, 0.717) is 17.7 Å². The third-order valence-electron chi connectivity index (χ3n) is 3.06. The summed E-state index contributed by atoms with van der Waals surface area (Å²) in [6.07, 6.45) is -2.56. The average molecular weight is 329 g/mol. The molecule has 102 valence electrons. The van der Waals surface area contributed by atoms with Crippen LogP contribution in [-0.4, -0.2) is 11.5 Å². The predicted octanol–water partition coefficient (Wildman–Crippen LogP) is 4.98. The second kappa shape index (κ2) is 5.41. The standard InChI is InChI=1S/C14H15BrF2N2/c1-4-18-9-6-11(14(16)17)19-10-5-7(2)13(15)8(3)12(9)10/h5-6,14H,4H2,1-3H3,(H,18,19). The summed E-state index contributed by atoms with van der Waals surface area (Å²) in [4.78, 5) is 4.07. The highest BCUT2D eigenvalue weighted by Gasteiger charge is 2.16. The van der Waals surface area contributed by atoms with Crippen LogP contribution in [0.15, 0.2) is 16.6 Å². The Bertz CT molecular complexity index is 627. The fourth-order valence-corrected chi connectivity index (χ4v) is 2.51. The molecule has 0 radical (unpaired) electrons. The smallest absolute Gasteiger partial charge is 0.280 e. The normalized spacial score (nSPS) is 11.3. The number of pyridine rings is 1. The first-order valence-electron chi connectivity index (χ1n) is 6.08. The van der Waals surface area contributed by atoms with Gasteiger partial charge in [0.1, 0.15) is 5.69 Å².